The lowest BCUT2D eigenvalue weighted by molar-refractivity contribution is -0.121. The van der Waals surface area contributed by atoms with Gasteiger partial charge in [0.2, 0.25) is 15.9 Å². The van der Waals surface area contributed by atoms with Crippen molar-refractivity contribution < 1.29 is 22.7 Å². The number of para-hydroxylation sites is 1. The van der Waals surface area contributed by atoms with Crippen molar-refractivity contribution in [2.24, 2.45) is 0 Å². The van der Waals surface area contributed by atoms with E-state index in [2.05, 4.69) is 5.32 Å². The largest absolute Gasteiger partial charge is 0.497 e. The van der Waals surface area contributed by atoms with Crippen LogP contribution in [-0.4, -0.2) is 46.4 Å². The summed E-state index contributed by atoms with van der Waals surface area (Å²) in [5.41, 5.74) is 0.891. The van der Waals surface area contributed by atoms with Crippen LogP contribution >= 0.6 is 0 Å². The maximum absolute atomic E-state index is 12.6. The molecule has 0 bridgehead atoms. The maximum atomic E-state index is 12.6. The Labute approximate surface area is 172 Å². The number of rotatable bonds is 10. The monoisotopic (exact) mass is 420 g/mol. The van der Waals surface area contributed by atoms with E-state index < -0.39 is 10.0 Å². The standard InChI is InChI=1S/C21H28N2O5S/c1-16(19-8-5-6-9-20(19)28-4)22-21(24)10-7-15-23(2)29(25,26)18-13-11-17(27-3)12-14-18/h5-6,8-9,11-14,16H,7,10,15H2,1-4H3,(H,22,24)/t16-/m1/s1. The molecule has 0 saturated carbocycles. The SMILES string of the molecule is COc1ccc(S(=O)(=O)N(C)CCCC(=O)N[C@H](C)c2ccccc2OC)cc1. The Morgan fingerprint density at radius 2 is 1.72 bits per heavy atom. The van der Waals surface area contributed by atoms with Crippen LogP contribution in [-0.2, 0) is 14.8 Å². The molecule has 8 heteroatoms. The minimum atomic E-state index is -3.61. The average Bonchev–Trinajstić information content (AvgIpc) is 2.73. The van der Waals surface area contributed by atoms with Gasteiger partial charge in [-0.1, -0.05) is 18.2 Å². The van der Waals surface area contributed by atoms with E-state index in [1.807, 2.05) is 31.2 Å². The Morgan fingerprint density at radius 3 is 2.34 bits per heavy atom. The molecule has 0 fully saturated rings. The molecule has 1 amide bonds. The molecule has 0 radical (unpaired) electrons. The van der Waals surface area contributed by atoms with Gasteiger partial charge in [0.15, 0.2) is 0 Å². The van der Waals surface area contributed by atoms with Crippen molar-refractivity contribution in [1.29, 1.82) is 0 Å². The molecule has 29 heavy (non-hydrogen) atoms. The Bertz CT molecular complexity index is 913. The number of benzene rings is 2. The molecule has 0 unspecified atom stereocenters. The van der Waals surface area contributed by atoms with Gasteiger partial charge in [-0.3, -0.25) is 4.79 Å². The van der Waals surface area contributed by atoms with Gasteiger partial charge < -0.3 is 14.8 Å². The summed E-state index contributed by atoms with van der Waals surface area (Å²) >= 11 is 0. The van der Waals surface area contributed by atoms with E-state index >= 15 is 0 Å². The van der Waals surface area contributed by atoms with Crippen LogP contribution in [0.15, 0.2) is 53.4 Å². The van der Waals surface area contributed by atoms with Crippen LogP contribution in [0.25, 0.3) is 0 Å². The predicted molar refractivity (Wildman–Crippen MR) is 112 cm³/mol. The number of methoxy groups -OCH3 is 2. The van der Waals surface area contributed by atoms with Crippen molar-refractivity contribution in [1.82, 2.24) is 9.62 Å². The summed E-state index contributed by atoms with van der Waals surface area (Å²) in [5, 5.41) is 2.93. The predicted octanol–water partition coefficient (Wildman–Crippen LogP) is 2.98. The number of ether oxygens (including phenoxy) is 2. The first kappa shape index (κ1) is 22.7. The molecule has 0 aliphatic carbocycles. The minimum absolute atomic E-state index is 0.140. The average molecular weight is 421 g/mol. The fraction of sp³-hybridized carbons (Fsp3) is 0.381. The quantitative estimate of drug-likeness (QED) is 0.639. The second-order valence-electron chi connectivity index (χ2n) is 6.64. The topological polar surface area (TPSA) is 84.9 Å². The van der Waals surface area contributed by atoms with Crippen molar-refractivity contribution in [3.05, 3.63) is 54.1 Å². The summed E-state index contributed by atoms with van der Waals surface area (Å²) in [6.07, 6.45) is 0.637. The molecule has 0 heterocycles. The molecule has 158 valence electrons. The van der Waals surface area contributed by atoms with Gasteiger partial charge in [-0.05, 0) is 43.7 Å². The highest BCUT2D eigenvalue weighted by Crippen LogP contribution is 2.24. The zero-order valence-corrected chi connectivity index (χ0v) is 18.0. The van der Waals surface area contributed by atoms with E-state index in [9.17, 15) is 13.2 Å². The molecular formula is C21H28N2O5S. The van der Waals surface area contributed by atoms with Crippen molar-refractivity contribution >= 4 is 15.9 Å². The summed E-state index contributed by atoms with van der Waals surface area (Å²) in [7, 11) is 1.01. The molecule has 0 aromatic heterocycles. The van der Waals surface area contributed by atoms with Crippen molar-refractivity contribution in [3.8, 4) is 11.5 Å². The summed E-state index contributed by atoms with van der Waals surface area (Å²) in [6.45, 7) is 2.13. The van der Waals surface area contributed by atoms with Gasteiger partial charge in [0.05, 0.1) is 25.2 Å². The van der Waals surface area contributed by atoms with Crippen molar-refractivity contribution in [3.63, 3.8) is 0 Å². The Kier molecular flexibility index (Phi) is 8.04. The van der Waals surface area contributed by atoms with Crippen LogP contribution in [0.4, 0.5) is 0 Å². The van der Waals surface area contributed by atoms with Gasteiger partial charge in [0.25, 0.3) is 0 Å². The van der Waals surface area contributed by atoms with Crippen LogP contribution in [0.1, 0.15) is 31.4 Å². The molecule has 1 N–H and O–H groups in total. The van der Waals surface area contributed by atoms with E-state index in [1.54, 1.807) is 19.2 Å². The van der Waals surface area contributed by atoms with Gasteiger partial charge in [-0.25, -0.2) is 12.7 Å². The Hall–Kier alpha value is -2.58. The smallest absolute Gasteiger partial charge is 0.242 e. The highest BCUT2D eigenvalue weighted by molar-refractivity contribution is 7.89. The molecule has 2 rings (SSSR count). The third kappa shape index (κ3) is 5.95. The third-order valence-electron chi connectivity index (χ3n) is 4.63. The van der Waals surface area contributed by atoms with Crippen LogP contribution < -0.4 is 14.8 Å². The summed E-state index contributed by atoms with van der Waals surface area (Å²) in [5.74, 6) is 1.16. The highest BCUT2D eigenvalue weighted by atomic mass is 32.2. The molecule has 7 nitrogen and oxygen atoms in total. The zero-order chi connectivity index (χ0) is 21.4. The first-order chi connectivity index (χ1) is 13.8. The van der Waals surface area contributed by atoms with E-state index in [-0.39, 0.29) is 29.8 Å². The van der Waals surface area contributed by atoms with Gasteiger partial charge in [-0.15, -0.1) is 0 Å². The molecule has 0 aliphatic rings. The number of carbonyl (C=O) groups excluding carboxylic acids is 1. The van der Waals surface area contributed by atoms with Gasteiger partial charge in [-0.2, -0.15) is 0 Å². The normalized spacial score (nSPS) is 12.4. The number of hydrogen-bond acceptors (Lipinski definition) is 5. The van der Waals surface area contributed by atoms with Gasteiger partial charge in [0.1, 0.15) is 11.5 Å². The van der Waals surface area contributed by atoms with Crippen molar-refractivity contribution in [2.75, 3.05) is 27.8 Å². The van der Waals surface area contributed by atoms with Gasteiger partial charge in [0, 0.05) is 25.6 Å². The van der Waals surface area contributed by atoms with Crippen LogP contribution in [0, 0.1) is 0 Å². The summed E-state index contributed by atoms with van der Waals surface area (Å²) in [6, 6.07) is 13.5. The summed E-state index contributed by atoms with van der Waals surface area (Å²) in [4.78, 5) is 12.5. The Balaban J connectivity index is 1.87. The molecule has 2 aromatic rings. The minimum Gasteiger partial charge on any atom is -0.497 e. The first-order valence-corrected chi connectivity index (χ1v) is 10.8. The first-order valence-electron chi connectivity index (χ1n) is 9.32. The second-order valence-corrected chi connectivity index (χ2v) is 8.68. The molecule has 2 aromatic carbocycles. The van der Waals surface area contributed by atoms with E-state index in [0.29, 0.717) is 17.9 Å². The number of nitrogens with one attached hydrogen (secondary N) is 1. The maximum Gasteiger partial charge on any atom is 0.242 e. The lowest BCUT2D eigenvalue weighted by Crippen LogP contribution is -2.30. The number of sulfonamides is 1. The number of nitrogens with zero attached hydrogens (tertiary/aromatic N) is 1. The third-order valence-corrected chi connectivity index (χ3v) is 6.50. The fourth-order valence-electron chi connectivity index (χ4n) is 2.93. The number of hydrogen-bond donors (Lipinski definition) is 1. The Morgan fingerprint density at radius 1 is 1.07 bits per heavy atom. The van der Waals surface area contributed by atoms with E-state index in [0.717, 1.165) is 5.56 Å². The van der Waals surface area contributed by atoms with E-state index in [4.69, 9.17) is 9.47 Å². The highest BCUT2D eigenvalue weighted by Gasteiger charge is 2.21. The lowest BCUT2D eigenvalue weighted by Gasteiger charge is -2.19. The summed E-state index contributed by atoms with van der Waals surface area (Å²) < 4.78 is 36.9. The molecule has 0 spiro atoms. The van der Waals surface area contributed by atoms with Crippen LogP contribution in [0.5, 0.6) is 11.5 Å². The zero-order valence-electron chi connectivity index (χ0n) is 17.2. The lowest BCUT2D eigenvalue weighted by atomic mass is 10.1. The van der Waals surface area contributed by atoms with Gasteiger partial charge >= 0.3 is 0 Å². The number of amides is 1. The second kappa shape index (κ2) is 10.3. The van der Waals surface area contributed by atoms with Crippen LogP contribution in [0.3, 0.4) is 0 Å². The fourth-order valence-corrected chi connectivity index (χ4v) is 4.14. The number of carbonyl (C=O) groups is 1. The molecule has 1 atom stereocenters. The molecule has 0 saturated heterocycles. The van der Waals surface area contributed by atoms with Crippen molar-refractivity contribution in [2.45, 2.75) is 30.7 Å². The molecule has 0 aliphatic heterocycles. The van der Waals surface area contributed by atoms with Crippen LogP contribution in [0.2, 0.25) is 0 Å². The molecular weight excluding hydrogens is 392 g/mol. The van der Waals surface area contributed by atoms with E-state index in [1.165, 1.54) is 30.6 Å².